The van der Waals surface area contributed by atoms with Gasteiger partial charge in [-0.15, -0.1) is 0 Å². The van der Waals surface area contributed by atoms with E-state index in [-0.39, 0.29) is 0 Å². The SMILES string of the molecule is CCN(C)C(N(C)CC)(N(C)CC)C(C)(C)O. The van der Waals surface area contributed by atoms with Crippen molar-refractivity contribution in [2.75, 3.05) is 40.8 Å². The Balaban J connectivity index is 5.71. The maximum absolute atomic E-state index is 10.7. The Morgan fingerprint density at radius 3 is 1.12 bits per heavy atom. The van der Waals surface area contributed by atoms with Gasteiger partial charge in [-0.1, -0.05) is 20.8 Å². The van der Waals surface area contributed by atoms with Gasteiger partial charge < -0.3 is 5.11 Å². The average Bonchev–Trinajstić information content (AvgIpc) is 2.26. The van der Waals surface area contributed by atoms with Gasteiger partial charge in [0.25, 0.3) is 0 Å². The van der Waals surface area contributed by atoms with E-state index in [0.29, 0.717) is 0 Å². The molecule has 0 aliphatic rings. The minimum atomic E-state index is -0.840. The zero-order chi connectivity index (χ0) is 13.9. The highest BCUT2D eigenvalue weighted by Gasteiger charge is 2.52. The summed E-state index contributed by atoms with van der Waals surface area (Å²) in [6, 6.07) is 0. The second-order valence-corrected chi connectivity index (χ2v) is 5.24. The summed E-state index contributed by atoms with van der Waals surface area (Å²) in [4.78, 5) is 6.62. The van der Waals surface area contributed by atoms with Crippen molar-refractivity contribution in [1.82, 2.24) is 14.7 Å². The van der Waals surface area contributed by atoms with E-state index in [1.807, 2.05) is 13.8 Å². The van der Waals surface area contributed by atoms with Crippen LogP contribution < -0.4 is 0 Å². The third-order valence-corrected chi connectivity index (χ3v) is 3.84. The van der Waals surface area contributed by atoms with Crippen LogP contribution in [0, 0.1) is 0 Å². The van der Waals surface area contributed by atoms with Gasteiger partial charge in [0.2, 0.25) is 0 Å². The highest BCUT2D eigenvalue weighted by molar-refractivity contribution is 4.98. The van der Waals surface area contributed by atoms with Gasteiger partial charge in [-0.25, -0.2) is 0 Å². The van der Waals surface area contributed by atoms with Crippen molar-refractivity contribution in [1.29, 1.82) is 0 Å². The third-order valence-electron chi connectivity index (χ3n) is 3.84. The molecule has 0 aliphatic carbocycles. The molecule has 0 atom stereocenters. The lowest BCUT2D eigenvalue weighted by molar-refractivity contribution is -0.238. The number of hydrogen-bond donors (Lipinski definition) is 1. The van der Waals surface area contributed by atoms with E-state index in [1.54, 1.807) is 0 Å². The maximum atomic E-state index is 10.7. The first-order chi connectivity index (χ1) is 7.69. The predicted octanol–water partition coefficient (Wildman–Crippen LogP) is 1.27. The first-order valence-corrected chi connectivity index (χ1v) is 6.56. The van der Waals surface area contributed by atoms with Crippen LogP contribution in [0.2, 0.25) is 0 Å². The molecule has 0 saturated heterocycles. The van der Waals surface area contributed by atoms with E-state index in [0.717, 1.165) is 19.6 Å². The fourth-order valence-corrected chi connectivity index (χ4v) is 2.94. The average molecular weight is 245 g/mol. The van der Waals surface area contributed by atoms with E-state index < -0.39 is 11.4 Å². The second kappa shape index (κ2) is 6.14. The fourth-order valence-electron chi connectivity index (χ4n) is 2.94. The van der Waals surface area contributed by atoms with E-state index >= 15 is 0 Å². The van der Waals surface area contributed by atoms with Gasteiger partial charge in [0.1, 0.15) is 5.60 Å². The van der Waals surface area contributed by atoms with Crippen molar-refractivity contribution in [3.8, 4) is 0 Å². The Morgan fingerprint density at radius 1 is 0.765 bits per heavy atom. The molecular weight excluding hydrogens is 214 g/mol. The van der Waals surface area contributed by atoms with Gasteiger partial charge in [0.15, 0.2) is 5.79 Å². The molecule has 0 fully saturated rings. The largest absolute Gasteiger partial charge is 0.386 e. The molecule has 0 radical (unpaired) electrons. The molecule has 0 spiro atoms. The number of nitrogens with zero attached hydrogens (tertiary/aromatic N) is 3. The lowest BCUT2D eigenvalue weighted by atomic mass is 9.94. The van der Waals surface area contributed by atoms with Gasteiger partial charge in [-0.05, 0) is 54.6 Å². The summed E-state index contributed by atoms with van der Waals surface area (Å²) in [5.41, 5.74) is -0.840. The van der Waals surface area contributed by atoms with E-state index in [2.05, 4.69) is 56.6 Å². The highest BCUT2D eigenvalue weighted by Crippen LogP contribution is 2.33. The van der Waals surface area contributed by atoms with Crippen LogP contribution in [0.4, 0.5) is 0 Å². The Bertz CT molecular complexity index is 199. The topological polar surface area (TPSA) is 30.0 Å². The standard InChI is InChI=1S/C13H31N3O/c1-9-14(6)13(12(4,5)17,15(7)10-2)16(8)11-3/h17H,9-11H2,1-8H3. The smallest absolute Gasteiger partial charge is 0.159 e. The number of likely N-dealkylation sites (N-methyl/N-ethyl adjacent to an activating group) is 3. The lowest BCUT2D eigenvalue weighted by Gasteiger charge is -2.58. The normalized spacial score (nSPS) is 14.1. The van der Waals surface area contributed by atoms with Crippen LogP contribution in [0.3, 0.4) is 0 Å². The Labute approximate surface area is 107 Å². The van der Waals surface area contributed by atoms with E-state index in [1.165, 1.54) is 0 Å². The van der Waals surface area contributed by atoms with Crippen LogP contribution in [0.5, 0.6) is 0 Å². The van der Waals surface area contributed by atoms with Crippen LogP contribution in [0.1, 0.15) is 34.6 Å². The molecule has 17 heavy (non-hydrogen) atoms. The number of hydrogen-bond acceptors (Lipinski definition) is 4. The van der Waals surface area contributed by atoms with Crippen LogP contribution in [-0.4, -0.2) is 72.0 Å². The summed E-state index contributed by atoms with van der Waals surface area (Å²) in [5, 5.41) is 10.7. The van der Waals surface area contributed by atoms with Gasteiger partial charge in [-0.2, -0.15) is 0 Å². The number of aliphatic hydroxyl groups is 1. The van der Waals surface area contributed by atoms with Crippen molar-refractivity contribution in [3.63, 3.8) is 0 Å². The minimum absolute atomic E-state index is 0.481. The van der Waals surface area contributed by atoms with Crippen molar-refractivity contribution in [2.45, 2.75) is 46.0 Å². The first kappa shape index (κ1) is 16.8. The highest BCUT2D eigenvalue weighted by atomic mass is 16.3. The molecule has 4 heteroatoms. The molecule has 104 valence electrons. The third kappa shape index (κ3) is 2.81. The summed E-state index contributed by atoms with van der Waals surface area (Å²) in [6.45, 7) is 12.8. The Morgan fingerprint density at radius 2 is 1.00 bits per heavy atom. The monoisotopic (exact) mass is 245 g/mol. The molecule has 0 aromatic heterocycles. The second-order valence-electron chi connectivity index (χ2n) is 5.24. The Hall–Kier alpha value is -0.160. The van der Waals surface area contributed by atoms with Gasteiger partial charge in [-0.3, -0.25) is 14.7 Å². The van der Waals surface area contributed by atoms with Crippen LogP contribution in [0.15, 0.2) is 0 Å². The Kier molecular flexibility index (Phi) is 6.08. The summed E-state index contributed by atoms with van der Waals surface area (Å²) in [5.74, 6) is -0.481. The molecule has 1 N–H and O–H groups in total. The first-order valence-electron chi connectivity index (χ1n) is 6.56. The quantitative estimate of drug-likeness (QED) is 0.684. The van der Waals surface area contributed by atoms with Gasteiger partial charge in [0.05, 0.1) is 0 Å². The van der Waals surface area contributed by atoms with Gasteiger partial charge in [0, 0.05) is 0 Å². The molecule has 0 bridgehead atoms. The predicted molar refractivity (Wildman–Crippen MR) is 73.9 cm³/mol. The van der Waals surface area contributed by atoms with Gasteiger partial charge >= 0.3 is 0 Å². The van der Waals surface area contributed by atoms with Crippen molar-refractivity contribution in [2.24, 2.45) is 0 Å². The maximum Gasteiger partial charge on any atom is 0.159 e. The summed E-state index contributed by atoms with van der Waals surface area (Å²) in [6.07, 6.45) is 0. The molecule has 0 aliphatic heterocycles. The van der Waals surface area contributed by atoms with Crippen LogP contribution >= 0.6 is 0 Å². The van der Waals surface area contributed by atoms with Crippen LogP contribution in [-0.2, 0) is 0 Å². The van der Waals surface area contributed by atoms with Crippen molar-refractivity contribution < 1.29 is 5.11 Å². The molecule has 0 rings (SSSR count). The molecule has 0 aromatic carbocycles. The molecular formula is C13H31N3O. The minimum Gasteiger partial charge on any atom is -0.386 e. The number of rotatable bonds is 7. The molecule has 0 unspecified atom stereocenters. The van der Waals surface area contributed by atoms with Crippen molar-refractivity contribution in [3.05, 3.63) is 0 Å². The molecule has 0 saturated carbocycles. The molecule has 0 amide bonds. The zero-order valence-electron chi connectivity index (χ0n) is 12.9. The van der Waals surface area contributed by atoms with E-state index in [4.69, 9.17) is 0 Å². The summed E-state index contributed by atoms with van der Waals surface area (Å²) >= 11 is 0. The zero-order valence-corrected chi connectivity index (χ0v) is 12.9. The summed E-state index contributed by atoms with van der Waals surface area (Å²) in [7, 11) is 6.20. The molecule has 4 nitrogen and oxygen atoms in total. The summed E-state index contributed by atoms with van der Waals surface area (Å²) < 4.78 is 0. The van der Waals surface area contributed by atoms with Crippen LogP contribution in [0.25, 0.3) is 0 Å². The lowest BCUT2D eigenvalue weighted by Crippen LogP contribution is -2.76. The van der Waals surface area contributed by atoms with Crippen molar-refractivity contribution >= 4 is 0 Å². The molecule has 0 aromatic rings. The fraction of sp³-hybridized carbons (Fsp3) is 1.00. The molecule has 0 heterocycles. The van der Waals surface area contributed by atoms with E-state index in [9.17, 15) is 5.11 Å².